The Balaban J connectivity index is 1.78. The van der Waals surface area contributed by atoms with Gasteiger partial charge in [0.15, 0.2) is 0 Å². The van der Waals surface area contributed by atoms with Gasteiger partial charge in [0, 0.05) is 18.5 Å². The number of primary amides is 1. The van der Waals surface area contributed by atoms with Gasteiger partial charge in [-0.3, -0.25) is 14.5 Å². The third-order valence-electron chi connectivity index (χ3n) is 4.48. The lowest BCUT2D eigenvalue weighted by Gasteiger charge is -2.32. The lowest BCUT2D eigenvalue weighted by molar-refractivity contribution is -0.125. The molecule has 1 aromatic rings. The van der Waals surface area contributed by atoms with Gasteiger partial charge >= 0.3 is 0 Å². The first-order valence-corrected chi connectivity index (χ1v) is 8.50. The molecule has 2 rings (SSSR count). The molecule has 3 N–H and O–H groups in total. The minimum atomic E-state index is -0.347. The standard InChI is InChI=1S/C18H26FN3O2/c1-13(8-9-14-5-2-3-7-16(14)19)18(24)21-15-6-4-10-22(11-15)12-17(20)23/h2-3,5,7,13,15H,4,6,8-12H2,1H3,(H2,20,23)(H,21,24)/t13-,15+/m1/s1. The Labute approximate surface area is 142 Å². The molecule has 5 nitrogen and oxygen atoms in total. The summed E-state index contributed by atoms with van der Waals surface area (Å²) in [7, 11) is 0. The molecule has 1 heterocycles. The number of carbonyl (C=O) groups is 2. The lowest BCUT2D eigenvalue weighted by atomic mass is 9.98. The number of aryl methyl sites for hydroxylation is 1. The van der Waals surface area contributed by atoms with Crippen LogP contribution in [0.3, 0.4) is 0 Å². The third kappa shape index (κ3) is 5.60. The number of amides is 2. The smallest absolute Gasteiger partial charge is 0.231 e. The number of benzene rings is 1. The first kappa shape index (κ1) is 18.4. The molecule has 132 valence electrons. The third-order valence-corrected chi connectivity index (χ3v) is 4.48. The molecule has 1 aliphatic rings. The molecule has 0 unspecified atom stereocenters. The summed E-state index contributed by atoms with van der Waals surface area (Å²) in [6.07, 6.45) is 2.98. The summed E-state index contributed by atoms with van der Waals surface area (Å²) in [6, 6.07) is 6.70. The minimum absolute atomic E-state index is 0.0164. The molecule has 0 aromatic heterocycles. The highest BCUT2D eigenvalue weighted by atomic mass is 19.1. The highest BCUT2D eigenvalue weighted by molar-refractivity contribution is 5.78. The van der Waals surface area contributed by atoms with Gasteiger partial charge in [0.1, 0.15) is 5.82 Å². The number of halogens is 1. The quantitative estimate of drug-likeness (QED) is 0.792. The van der Waals surface area contributed by atoms with Crippen molar-refractivity contribution in [1.82, 2.24) is 10.2 Å². The van der Waals surface area contributed by atoms with Crippen LogP contribution in [0.15, 0.2) is 24.3 Å². The average molecular weight is 335 g/mol. The molecule has 1 saturated heterocycles. The van der Waals surface area contributed by atoms with E-state index in [1.807, 2.05) is 11.8 Å². The summed E-state index contributed by atoms with van der Waals surface area (Å²) in [6.45, 7) is 3.57. The fraction of sp³-hybridized carbons (Fsp3) is 0.556. The van der Waals surface area contributed by atoms with E-state index < -0.39 is 0 Å². The second kappa shape index (κ2) is 8.78. The van der Waals surface area contributed by atoms with Crippen molar-refractivity contribution in [2.75, 3.05) is 19.6 Å². The van der Waals surface area contributed by atoms with E-state index in [0.717, 1.165) is 19.4 Å². The predicted molar refractivity (Wildman–Crippen MR) is 90.7 cm³/mol. The fourth-order valence-electron chi connectivity index (χ4n) is 3.09. The first-order chi connectivity index (χ1) is 11.5. The van der Waals surface area contributed by atoms with Gasteiger partial charge in [0.2, 0.25) is 11.8 Å². The molecular formula is C18H26FN3O2. The second-order valence-electron chi connectivity index (χ2n) is 6.58. The van der Waals surface area contributed by atoms with E-state index in [2.05, 4.69) is 5.32 Å². The molecule has 0 bridgehead atoms. The van der Waals surface area contributed by atoms with Gasteiger partial charge < -0.3 is 11.1 Å². The van der Waals surface area contributed by atoms with Gasteiger partial charge in [-0.25, -0.2) is 4.39 Å². The molecular weight excluding hydrogens is 309 g/mol. The zero-order valence-corrected chi connectivity index (χ0v) is 14.1. The average Bonchev–Trinajstić information content (AvgIpc) is 2.53. The van der Waals surface area contributed by atoms with E-state index in [0.29, 0.717) is 24.9 Å². The van der Waals surface area contributed by atoms with Crippen molar-refractivity contribution in [3.8, 4) is 0 Å². The Morgan fingerprint density at radius 1 is 1.42 bits per heavy atom. The maximum atomic E-state index is 13.6. The van der Waals surface area contributed by atoms with E-state index in [-0.39, 0.29) is 36.1 Å². The van der Waals surface area contributed by atoms with E-state index in [4.69, 9.17) is 5.73 Å². The Morgan fingerprint density at radius 3 is 2.88 bits per heavy atom. The normalized spacial score (nSPS) is 19.7. The van der Waals surface area contributed by atoms with Crippen molar-refractivity contribution in [2.24, 2.45) is 11.7 Å². The van der Waals surface area contributed by atoms with Crippen LogP contribution in [0.1, 0.15) is 31.7 Å². The van der Waals surface area contributed by atoms with Crippen LogP contribution in [0, 0.1) is 11.7 Å². The summed E-state index contributed by atoms with van der Waals surface area (Å²) >= 11 is 0. The van der Waals surface area contributed by atoms with Crippen molar-refractivity contribution >= 4 is 11.8 Å². The number of carbonyl (C=O) groups excluding carboxylic acids is 2. The summed E-state index contributed by atoms with van der Waals surface area (Å²) in [5, 5.41) is 3.05. The largest absolute Gasteiger partial charge is 0.369 e. The summed E-state index contributed by atoms with van der Waals surface area (Å²) in [4.78, 5) is 25.3. The van der Waals surface area contributed by atoms with Crippen LogP contribution in [-0.4, -0.2) is 42.4 Å². The summed E-state index contributed by atoms with van der Waals surface area (Å²) in [5.74, 6) is -0.770. The summed E-state index contributed by atoms with van der Waals surface area (Å²) in [5.41, 5.74) is 5.87. The molecule has 1 aromatic carbocycles. The number of hydrogen-bond acceptors (Lipinski definition) is 3. The Hall–Kier alpha value is -1.95. The molecule has 1 fully saturated rings. The predicted octanol–water partition coefficient (Wildman–Crippen LogP) is 1.46. The van der Waals surface area contributed by atoms with Crippen molar-refractivity contribution in [2.45, 2.75) is 38.6 Å². The van der Waals surface area contributed by atoms with Crippen LogP contribution >= 0.6 is 0 Å². The Morgan fingerprint density at radius 2 is 2.17 bits per heavy atom. The number of piperidine rings is 1. The highest BCUT2D eigenvalue weighted by Crippen LogP contribution is 2.15. The van der Waals surface area contributed by atoms with Crippen LogP contribution in [-0.2, 0) is 16.0 Å². The van der Waals surface area contributed by atoms with Crippen LogP contribution in [0.4, 0.5) is 4.39 Å². The molecule has 0 radical (unpaired) electrons. The molecule has 0 aliphatic carbocycles. The van der Waals surface area contributed by atoms with Gasteiger partial charge in [0.05, 0.1) is 6.54 Å². The molecule has 0 spiro atoms. The fourth-order valence-corrected chi connectivity index (χ4v) is 3.09. The number of nitrogens with one attached hydrogen (secondary N) is 1. The monoisotopic (exact) mass is 335 g/mol. The first-order valence-electron chi connectivity index (χ1n) is 8.50. The SMILES string of the molecule is C[C@H](CCc1ccccc1F)C(=O)N[C@H]1CCCN(CC(N)=O)C1. The molecule has 2 amide bonds. The topological polar surface area (TPSA) is 75.4 Å². The van der Waals surface area contributed by atoms with Crippen LogP contribution in [0.2, 0.25) is 0 Å². The molecule has 24 heavy (non-hydrogen) atoms. The van der Waals surface area contributed by atoms with Crippen molar-refractivity contribution in [3.05, 3.63) is 35.6 Å². The van der Waals surface area contributed by atoms with Gasteiger partial charge in [-0.05, 0) is 43.9 Å². The molecule has 0 saturated carbocycles. The van der Waals surface area contributed by atoms with Gasteiger partial charge in [0.25, 0.3) is 0 Å². The number of rotatable bonds is 7. The van der Waals surface area contributed by atoms with E-state index in [9.17, 15) is 14.0 Å². The van der Waals surface area contributed by atoms with Gasteiger partial charge in [-0.1, -0.05) is 25.1 Å². The van der Waals surface area contributed by atoms with Crippen molar-refractivity contribution in [3.63, 3.8) is 0 Å². The zero-order valence-electron chi connectivity index (χ0n) is 14.1. The highest BCUT2D eigenvalue weighted by Gasteiger charge is 2.24. The molecule has 1 aliphatic heterocycles. The number of hydrogen-bond donors (Lipinski definition) is 2. The van der Waals surface area contributed by atoms with Crippen molar-refractivity contribution < 1.29 is 14.0 Å². The van der Waals surface area contributed by atoms with Crippen LogP contribution < -0.4 is 11.1 Å². The van der Waals surface area contributed by atoms with Gasteiger partial charge in [-0.15, -0.1) is 0 Å². The van der Waals surface area contributed by atoms with E-state index in [1.165, 1.54) is 6.07 Å². The number of likely N-dealkylation sites (tertiary alicyclic amines) is 1. The minimum Gasteiger partial charge on any atom is -0.369 e. The van der Waals surface area contributed by atoms with Crippen molar-refractivity contribution in [1.29, 1.82) is 0 Å². The second-order valence-corrected chi connectivity index (χ2v) is 6.58. The molecule has 6 heteroatoms. The van der Waals surface area contributed by atoms with E-state index in [1.54, 1.807) is 18.2 Å². The van der Waals surface area contributed by atoms with Crippen LogP contribution in [0.25, 0.3) is 0 Å². The Bertz CT molecular complexity index is 579. The number of nitrogens with zero attached hydrogens (tertiary/aromatic N) is 1. The molecule has 2 atom stereocenters. The van der Waals surface area contributed by atoms with Gasteiger partial charge in [-0.2, -0.15) is 0 Å². The van der Waals surface area contributed by atoms with Crippen LogP contribution in [0.5, 0.6) is 0 Å². The Kier molecular flexibility index (Phi) is 6.73. The maximum Gasteiger partial charge on any atom is 0.231 e. The zero-order chi connectivity index (χ0) is 17.5. The van der Waals surface area contributed by atoms with E-state index >= 15 is 0 Å². The number of nitrogens with two attached hydrogens (primary N) is 1. The lowest BCUT2D eigenvalue weighted by Crippen LogP contribution is -2.50. The maximum absolute atomic E-state index is 13.6. The summed E-state index contributed by atoms with van der Waals surface area (Å²) < 4.78 is 13.6.